The van der Waals surface area contributed by atoms with Crippen molar-refractivity contribution < 1.29 is 4.79 Å². The predicted molar refractivity (Wildman–Crippen MR) is 79.9 cm³/mol. The number of carbonyl (C=O) groups is 1. The van der Waals surface area contributed by atoms with Crippen molar-refractivity contribution in [1.29, 1.82) is 0 Å². The van der Waals surface area contributed by atoms with Crippen LogP contribution in [-0.2, 0) is 17.8 Å². The number of carbonyl (C=O) groups excluding carboxylic acids is 1. The van der Waals surface area contributed by atoms with E-state index in [2.05, 4.69) is 28.3 Å². The second-order valence-corrected chi connectivity index (χ2v) is 5.45. The molecular weight excluding hydrogens is 252 g/mol. The van der Waals surface area contributed by atoms with Crippen LogP contribution in [0.2, 0.25) is 0 Å². The van der Waals surface area contributed by atoms with Crippen LogP contribution in [-0.4, -0.2) is 48.9 Å². The van der Waals surface area contributed by atoms with Gasteiger partial charge in [-0.1, -0.05) is 24.3 Å². The van der Waals surface area contributed by atoms with Gasteiger partial charge in [-0.15, -0.1) is 0 Å². The fourth-order valence-electron chi connectivity index (χ4n) is 2.61. The van der Waals surface area contributed by atoms with Crippen molar-refractivity contribution in [3.63, 3.8) is 0 Å². The maximum atomic E-state index is 11.5. The summed E-state index contributed by atoms with van der Waals surface area (Å²) >= 11 is 0. The highest BCUT2D eigenvalue weighted by molar-refractivity contribution is 5.78. The van der Waals surface area contributed by atoms with E-state index in [1.807, 2.05) is 18.2 Å². The second-order valence-electron chi connectivity index (χ2n) is 5.45. The maximum Gasteiger partial charge on any atom is 0.238 e. The van der Waals surface area contributed by atoms with Gasteiger partial charge in [0.2, 0.25) is 5.91 Å². The van der Waals surface area contributed by atoms with Crippen molar-refractivity contribution in [1.82, 2.24) is 15.2 Å². The van der Waals surface area contributed by atoms with Crippen molar-refractivity contribution in [3.05, 3.63) is 35.4 Å². The molecule has 0 aromatic heterocycles. The number of nitrogens with zero attached hydrogens (tertiary/aromatic N) is 2. The van der Waals surface area contributed by atoms with Crippen LogP contribution >= 0.6 is 0 Å². The average Bonchev–Trinajstić information content (AvgIpc) is 2.66. The Morgan fingerprint density at radius 1 is 1.20 bits per heavy atom. The lowest BCUT2D eigenvalue weighted by atomic mass is 10.0. The van der Waals surface area contributed by atoms with Crippen LogP contribution in [0.1, 0.15) is 17.5 Å². The second kappa shape index (κ2) is 7.38. The first-order valence-electron chi connectivity index (χ1n) is 7.16. The highest BCUT2D eigenvalue weighted by Crippen LogP contribution is 2.14. The molecular formula is C15H24N4O. The molecule has 5 heteroatoms. The number of amides is 1. The number of nitrogens with one attached hydrogen (secondary N) is 1. The number of benzene rings is 1. The van der Waals surface area contributed by atoms with Gasteiger partial charge in [0, 0.05) is 19.6 Å². The summed E-state index contributed by atoms with van der Waals surface area (Å²) in [6, 6.07) is 8.12. The molecule has 0 atom stereocenters. The molecule has 0 unspecified atom stereocenters. The topological polar surface area (TPSA) is 61.6 Å². The molecule has 0 aliphatic carbocycles. The number of hydrogen-bond donors (Lipinski definition) is 2. The minimum Gasteiger partial charge on any atom is -0.305 e. The van der Waals surface area contributed by atoms with E-state index >= 15 is 0 Å². The van der Waals surface area contributed by atoms with Gasteiger partial charge in [0.25, 0.3) is 0 Å². The molecule has 1 aliphatic rings. The van der Waals surface area contributed by atoms with Gasteiger partial charge >= 0.3 is 0 Å². The minimum atomic E-state index is -0.145. The van der Waals surface area contributed by atoms with Crippen LogP contribution in [0, 0.1) is 0 Å². The summed E-state index contributed by atoms with van der Waals surface area (Å²) in [6.07, 6.45) is 1.54. The molecule has 0 spiro atoms. The lowest BCUT2D eigenvalue weighted by molar-refractivity contribution is -0.120. The Kier molecular flexibility index (Phi) is 5.52. The van der Waals surface area contributed by atoms with E-state index in [1.165, 1.54) is 12.0 Å². The van der Waals surface area contributed by atoms with Crippen LogP contribution in [0.3, 0.4) is 0 Å². The third-order valence-corrected chi connectivity index (χ3v) is 3.84. The average molecular weight is 276 g/mol. The zero-order valence-electron chi connectivity index (χ0n) is 12.1. The van der Waals surface area contributed by atoms with E-state index in [9.17, 15) is 4.79 Å². The lowest BCUT2D eigenvalue weighted by Gasteiger charge is -2.21. The highest BCUT2D eigenvalue weighted by atomic mass is 16.2. The van der Waals surface area contributed by atoms with E-state index in [0.29, 0.717) is 6.42 Å². The van der Waals surface area contributed by atoms with Crippen molar-refractivity contribution in [2.24, 2.45) is 5.84 Å². The Hall–Kier alpha value is -1.43. The molecule has 0 saturated carbocycles. The van der Waals surface area contributed by atoms with Gasteiger partial charge in [-0.05, 0) is 37.7 Å². The summed E-state index contributed by atoms with van der Waals surface area (Å²) < 4.78 is 0. The van der Waals surface area contributed by atoms with Gasteiger partial charge in [-0.3, -0.25) is 15.1 Å². The first kappa shape index (κ1) is 15.0. The SMILES string of the molecule is CN1CCCN(Cc2ccccc2CC(=O)NN)CC1. The molecule has 0 radical (unpaired) electrons. The Bertz CT molecular complexity index is 449. The number of likely N-dealkylation sites (N-methyl/N-ethyl adjacent to an activating group) is 1. The molecule has 20 heavy (non-hydrogen) atoms. The van der Waals surface area contributed by atoms with Gasteiger partial charge in [0.05, 0.1) is 6.42 Å². The highest BCUT2D eigenvalue weighted by Gasteiger charge is 2.14. The Balaban J connectivity index is 2.02. The smallest absolute Gasteiger partial charge is 0.238 e. The molecule has 1 aromatic rings. The van der Waals surface area contributed by atoms with Crippen LogP contribution < -0.4 is 11.3 Å². The minimum absolute atomic E-state index is 0.145. The molecule has 5 nitrogen and oxygen atoms in total. The molecule has 0 bridgehead atoms. The monoisotopic (exact) mass is 276 g/mol. The van der Waals surface area contributed by atoms with Gasteiger partial charge < -0.3 is 4.90 Å². The first-order chi connectivity index (χ1) is 9.69. The van der Waals surface area contributed by atoms with E-state index in [0.717, 1.165) is 38.3 Å². The molecule has 1 amide bonds. The molecule has 3 N–H and O–H groups in total. The van der Waals surface area contributed by atoms with Crippen molar-refractivity contribution in [2.75, 3.05) is 33.2 Å². The van der Waals surface area contributed by atoms with Gasteiger partial charge in [0.1, 0.15) is 0 Å². The molecule has 2 rings (SSSR count). The standard InChI is InChI=1S/C15H24N4O/c1-18-7-4-8-19(10-9-18)12-14-6-3-2-5-13(14)11-15(20)17-16/h2-3,5-6H,4,7-12,16H2,1H3,(H,17,20). The third-order valence-electron chi connectivity index (χ3n) is 3.84. The van der Waals surface area contributed by atoms with Gasteiger partial charge in [-0.2, -0.15) is 0 Å². The van der Waals surface area contributed by atoms with Crippen molar-refractivity contribution in [3.8, 4) is 0 Å². The van der Waals surface area contributed by atoms with E-state index in [1.54, 1.807) is 0 Å². The largest absolute Gasteiger partial charge is 0.305 e. The van der Waals surface area contributed by atoms with Crippen LogP contribution in [0.4, 0.5) is 0 Å². The Morgan fingerprint density at radius 3 is 2.70 bits per heavy atom. The molecule has 1 heterocycles. The zero-order valence-corrected chi connectivity index (χ0v) is 12.1. The summed E-state index contributed by atoms with van der Waals surface area (Å²) in [7, 11) is 2.17. The van der Waals surface area contributed by atoms with Crippen molar-refractivity contribution in [2.45, 2.75) is 19.4 Å². The van der Waals surface area contributed by atoms with Gasteiger partial charge in [-0.25, -0.2) is 5.84 Å². The maximum absolute atomic E-state index is 11.5. The van der Waals surface area contributed by atoms with Crippen LogP contribution in [0.5, 0.6) is 0 Å². The fraction of sp³-hybridized carbons (Fsp3) is 0.533. The van der Waals surface area contributed by atoms with E-state index < -0.39 is 0 Å². The zero-order chi connectivity index (χ0) is 14.4. The first-order valence-corrected chi connectivity index (χ1v) is 7.16. The predicted octanol–water partition coefficient (Wildman–Crippen LogP) is 0.357. The molecule has 1 aromatic carbocycles. The van der Waals surface area contributed by atoms with E-state index in [4.69, 9.17) is 5.84 Å². The van der Waals surface area contributed by atoms with Crippen LogP contribution in [0.15, 0.2) is 24.3 Å². The Morgan fingerprint density at radius 2 is 1.95 bits per heavy atom. The quantitative estimate of drug-likeness (QED) is 0.473. The molecule has 1 saturated heterocycles. The number of nitrogens with two attached hydrogens (primary N) is 1. The summed E-state index contributed by atoms with van der Waals surface area (Å²) in [5.74, 6) is 5.03. The van der Waals surface area contributed by atoms with Crippen LogP contribution in [0.25, 0.3) is 0 Å². The number of rotatable bonds is 4. The fourth-order valence-corrected chi connectivity index (χ4v) is 2.61. The summed E-state index contributed by atoms with van der Waals surface area (Å²) in [5, 5.41) is 0. The molecule has 110 valence electrons. The Labute approximate surface area is 120 Å². The lowest BCUT2D eigenvalue weighted by Crippen LogP contribution is -2.32. The molecule has 1 aliphatic heterocycles. The summed E-state index contributed by atoms with van der Waals surface area (Å²) in [4.78, 5) is 16.3. The number of hydrazine groups is 1. The van der Waals surface area contributed by atoms with E-state index in [-0.39, 0.29) is 5.91 Å². The van der Waals surface area contributed by atoms with Crippen molar-refractivity contribution >= 4 is 5.91 Å². The third kappa shape index (κ3) is 4.30. The van der Waals surface area contributed by atoms with Gasteiger partial charge in [0.15, 0.2) is 0 Å². The summed E-state index contributed by atoms with van der Waals surface area (Å²) in [6.45, 7) is 5.36. The summed E-state index contributed by atoms with van der Waals surface area (Å²) in [5.41, 5.74) is 4.49. The normalized spacial score (nSPS) is 17.7. The number of hydrogen-bond acceptors (Lipinski definition) is 4. The molecule has 1 fully saturated rings.